The van der Waals surface area contributed by atoms with E-state index in [4.69, 9.17) is 4.42 Å². The van der Waals surface area contributed by atoms with Crippen molar-refractivity contribution < 1.29 is 4.42 Å². The highest BCUT2D eigenvalue weighted by Crippen LogP contribution is 2.30. The first-order chi connectivity index (χ1) is 9.28. The molecule has 0 aliphatic carbocycles. The molecule has 0 saturated carbocycles. The van der Waals surface area contributed by atoms with E-state index in [-0.39, 0.29) is 0 Å². The van der Waals surface area contributed by atoms with E-state index in [1.54, 1.807) is 12.4 Å². The maximum absolute atomic E-state index is 5.85. The Labute approximate surface area is 111 Å². The van der Waals surface area contributed by atoms with Gasteiger partial charge in [-0.05, 0) is 32.0 Å². The number of anilines is 1. The van der Waals surface area contributed by atoms with Crippen LogP contribution in [0.15, 0.2) is 41.1 Å². The largest absolute Gasteiger partial charge is 0.454 e. The lowest BCUT2D eigenvalue weighted by molar-refractivity contribution is 0.628. The van der Waals surface area contributed by atoms with Gasteiger partial charge < -0.3 is 9.73 Å². The van der Waals surface area contributed by atoms with Gasteiger partial charge in [-0.25, -0.2) is 9.97 Å². The molecule has 96 valence electrons. The summed E-state index contributed by atoms with van der Waals surface area (Å²) in [6.07, 6.45) is 3.35. The minimum atomic E-state index is 0.740. The Morgan fingerprint density at radius 2 is 2.00 bits per heavy atom. The molecule has 3 rings (SSSR count). The third-order valence-electron chi connectivity index (χ3n) is 2.95. The summed E-state index contributed by atoms with van der Waals surface area (Å²) in [5.41, 5.74) is 2.83. The monoisotopic (exact) mass is 253 g/mol. The molecule has 0 aliphatic rings. The van der Waals surface area contributed by atoms with Crippen LogP contribution in [0.4, 0.5) is 5.82 Å². The second-order valence-electron chi connectivity index (χ2n) is 4.44. The van der Waals surface area contributed by atoms with Gasteiger partial charge in [0.05, 0.1) is 0 Å². The molecule has 4 nitrogen and oxygen atoms in total. The quantitative estimate of drug-likeness (QED) is 0.774. The molecule has 2 aromatic heterocycles. The minimum Gasteiger partial charge on any atom is -0.454 e. The number of hydrogen-bond acceptors (Lipinski definition) is 4. The molecule has 4 heteroatoms. The van der Waals surface area contributed by atoms with Crippen LogP contribution >= 0.6 is 0 Å². The fraction of sp³-hybridized carbons (Fsp3) is 0.200. The molecule has 2 heterocycles. The van der Waals surface area contributed by atoms with Crippen molar-refractivity contribution in [3.05, 3.63) is 42.2 Å². The van der Waals surface area contributed by atoms with E-state index in [9.17, 15) is 0 Å². The maximum atomic E-state index is 5.85. The van der Waals surface area contributed by atoms with Crippen molar-refractivity contribution in [1.82, 2.24) is 9.97 Å². The zero-order valence-electron chi connectivity index (χ0n) is 11.0. The molecule has 0 bridgehead atoms. The number of nitrogens with zero attached hydrogens (tertiary/aromatic N) is 2. The average Bonchev–Trinajstić information content (AvgIpc) is 2.82. The number of nitrogens with one attached hydrogen (secondary N) is 1. The molecule has 0 radical (unpaired) electrons. The fourth-order valence-electron chi connectivity index (χ4n) is 2.09. The SMILES string of the molecule is CCNc1nccnc1-c1cc2cc(C)ccc2o1. The van der Waals surface area contributed by atoms with Crippen molar-refractivity contribution in [3.63, 3.8) is 0 Å². The van der Waals surface area contributed by atoms with Crippen LogP contribution in [0.1, 0.15) is 12.5 Å². The molecule has 3 aromatic rings. The summed E-state index contributed by atoms with van der Waals surface area (Å²) in [6.45, 7) is 4.89. The van der Waals surface area contributed by atoms with Crippen molar-refractivity contribution in [1.29, 1.82) is 0 Å². The highest BCUT2D eigenvalue weighted by molar-refractivity contribution is 5.84. The molecular formula is C15H15N3O. The Bertz CT molecular complexity index is 718. The van der Waals surface area contributed by atoms with E-state index in [1.807, 2.05) is 25.1 Å². The van der Waals surface area contributed by atoms with Crippen LogP contribution in [0.25, 0.3) is 22.4 Å². The topological polar surface area (TPSA) is 51.0 Å². The van der Waals surface area contributed by atoms with Crippen LogP contribution in [0.2, 0.25) is 0 Å². The standard InChI is InChI=1S/C15H15N3O/c1-3-16-15-14(17-6-7-18-15)13-9-11-8-10(2)4-5-12(11)19-13/h4-9H,3H2,1-2H3,(H,16,18). The molecule has 0 aliphatic heterocycles. The van der Waals surface area contributed by atoms with E-state index in [2.05, 4.69) is 28.3 Å². The number of hydrogen-bond donors (Lipinski definition) is 1. The summed E-state index contributed by atoms with van der Waals surface area (Å²) in [5.74, 6) is 1.49. The fourth-order valence-corrected chi connectivity index (χ4v) is 2.09. The van der Waals surface area contributed by atoms with E-state index in [1.165, 1.54) is 5.56 Å². The van der Waals surface area contributed by atoms with Gasteiger partial charge in [-0.15, -0.1) is 0 Å². The average molecular weight is 253 g/mol. The van der Waals surface area contributed by atoms with Crippen molar-refractivity contribution in [2.75, 3.05) is 11.9 Å². The van der Waals surface area contributed by atoms with Crippen LogP contribution in [0.5, 0.6) is 0 Å². The van der Waals surface area contributed by atoms with Crippen LogP contribution in [0.3, 0.4) is 0 Å². The number of aryl methyl sites for hydroxylation is 1. The molecule has 1 aromatic carbocycles. The zero-order chi connectivity index (χ0) is 13.2. The predicted octanol–water partition coefficient (Wildman–Crippen LogP) is 3.63. The number of rotatable bonds is 3. The Kier molecular flexibility index (Phi) is 2.91. The molecule has 0 fully saturated rings. The second kappa shape index (κ2) is 4.72. The molecule has 0 amide bonds. The molecule has 19 heavy (non-hydrogen) atoms. The van der Waals surface area contributed by atoms with Crippen molar-refractivity contribution >= 4 is 16.8 Å². The minimum absolute atomic E-state index is 0.740. The van der Waals surface area contributed by atoms with Gasteiger partial charge in [0.2, 0.25) is 0 Å². The van der Waals surface area contributed by atoms with Gasteiger partial charge >= 0.3 is 0 Å². The first-order valence-corrected chi connectivity index (χ1v) is 6.33. The summed E-state index contributed by atoms with van der Waals surface area (Å²) in [4.78, 5) is 8.67. The summed E-state index contributed by atoms with van der Waals surface area (Å²) < 4.78 is 5.85. The van der Waals surface area contributed by atoms with Gasteiger partial charge in [-0.3, -0.25) is 0 Å². The van der Waals surface area contributed by atoms with Crippen molar-refractivity contribution in [2.45, 2.75) is 13.8 Å². The number of fused-ring (bicyclic) bond motifs is 1. The first-order valence-electron chi connectivity index (χ1n) is 6.33. The Morgan fingerprint density at radius 3 is 2.84 bits per heavy atom. The van der Waals surface area contributed by atoms with Gasteiger partial charge in [0.1, 0.15) is 11.3 Å². The highest BCUT2D eigenvalue weighted by atomic mass is 16.3. The van der Waals surface area contributed by atoms with E-state index < -0.39 is 0 Å². The number of aromatic nitrogens is 2. The summed E-state index contributed by atoms with van der Waals surface area (Å²) >= 11 is 0. The summed E-state index contributed by atoms with van der Waals surface area (Å²) in [6, 6.07) is 8.13. The lowest BCUT2D eigenvalue weighted by Crippen LogP contribution is -2.01. The highest BCUT2D eigenvalue weighted by Gasteiger charge is 2.12. The zero-order valence-corrected chi connectivity index (χ0v) is 11.0. The molecule has 1 N–H and O–H groups in total. The van der Waals surface area contributed by atoms with Gasteiger partial charge in [0.15, 0.2) is 11.6 Å². The second-order valence-corrected chi connectivity index (χ2v) is 4.44. The number of benzene rings is 1. The Morgan fingerprint density at radius 1 is 1.16 bits per heavy atom. The summed E-state index contributed by atoms with van der Waals surface area (Å²) in [7, 11) is 0. The molecule has 0 saturated heterocycles. The van der Waals surface area contributed by atoms with Crippen LogP contribution in [-0.4, -0.2) is 16.5 Å². The molecule has 0 spiro atoms. The lowest BCUT2D eigenvalue weighted by Gasteiger charge is -2.05. The van der Waals surface area contributed by atoms with E-state index in [0.29, 0.717) is 0 Å². The van der Waals surface area contributed by atoms with Gasteiger partial charge in [0, 0.05) is 24.3 Å². The van der Waals surface area contributed by atoms with Crippen LogP contribution in [0, 0.1) is 6.92 Å². The lowest BCUT2D eigenvalue weighted by atomic mass is 10.2. The van der Waals surface area contributed by atoms with Crippen molar-refractivity contribution in [2.24, 2.45) is 0 Å². The molecular weight excluding hydrogens is 238 g/mol. The van der Waals surface area contributed by atoms with Gasteiger partial charge in [-0.1, -0.05) is 11.6 Å². The van der Waals surface area contributed by atoms with Gasteiger partial charge in [-0.2, -0.15) is 0 Å². The Balaban J connectivity index is 2.13. The van der Waals surface area contributed by atoms with Crippen molar-refractivity contribution in [3.8, 4) is 11.5 Å². The first kappa shape index (κ1) is 11.7. The van der Waals surface area contributed by atoms with E-state index in [0.717, 1.165) is 34.8 Å². The summed E-state index contributed by atoms with van der Waals surface area (Å²) in [5, 5.41) is 4.28. The third-order valence-corrected chi connectivity index (χ3v) is 2.95. The van der Waals surface area contributed by atoms with Gasteiger partial charge in [0.25, 0.3) is 0 Å². The van der Waals surface area contributed by atoms with Crippen LogP contribution < -0.4 is 5.32 Å². The smallest absolute Gasteiger partial charge is 0.157 e. The maximum Gasteiger partial charge on any atom is 0.157 e. The van der Waals surface area contributed by atoms with Crippen LogP contribution in [-0.2, 0) is 0 Å². The molecule has 0 unspecified atom stereocenters. The number of furan rings is 1. The molecule has 0 atom stereocenters. The Hall–Kier alpha value is -2.36. The predicted molar refractivity (Wildman–Crippen MR) is 76.1 cm³/mol. The third kappa shape index (κ3) is 2.17. The van der Waals surface area contributed by atoms with E-state index >= 15 is 0 Å². The normalized spacial score (nSPS) is 10.8.